The van der Waals surface area contributed by atoms with Gasteiger partial charge in [0.05, 0.1) is 29.1 Å². The number of aromatic nitrogens is 3. The van der Waals surface area contributed by atoms with Gasteiger partial charge in [-0.15, -0.1) is 0 Å². The van der Waals surface area contributed by atoms with Crippen molar-refractivity contribution in [3.05, 3.63) is 101 Å². The van der Waals surface area contributed by atoms with Crippen molar-refractivity contribution >= 4 is 10.9 Å². The van der Waals surface area contributed by atoms with E-state index < -0.39 is 0 Å². The third-order valence-corrected chi connectivity index (χ3v) is 8.91. The van der Waals surface area contributed by atoms with Crippen molar-refractivity contribution in [1.82, 2.24) is 19.2 Å². The Morgan fingerprint density at radius 1 is 1.05 bits per heavy atom. The van der Waals surface area contributed by atoms with Gasteiger partial charge in [0.2, 0.25) is 0 Å². The molecule has 5 aromatic rings. The lowest BCUT2D eigenvalue weighted by molar-refractivity contribution is 0.103. The second-order valence-electron chi connectivity index (χ2n) is 12.1. The highest BCUT2D eigenvalue weighted by Gasteiger charge is 2.35. The molecular weight excluding hydrogens is 504 g/mol. The summed E-state index contributed by atoms with van der Waals surface area (Å²) < 4.78 is 10.7. The Labute approximate surface area is 244 Å². The van der Waals surface area contributed by atoms with Gasteiger partial charge in [-0.1, -0.05) is 68.8 Å². The zero-order valence-electron chi connectivity index (χ0n) is 25.2. The maximum Gasteiger partial charge on any atom is 0.145 e. The monoisotopic (exact) mass is 544 g/mol. The van der Waals surface area contributed by atoms with Gasteiger partial charge >= 0.3 is 0 Å². The topological polar surface area (TPSA) is 35.2 Å². The second kappa shape index (κ2) is 10.8. The molecule has 1 aliphatic rings. The fourth-order valence-electron chi connectivity index (χ4n) is 5.96. The molecule has 0 bridgehead atoms. The van der Waals surface area contributed by atoms with Crippen LogP contribution in [0, 0.1) is 25.0 Å². The van der Waals surface area contributed by atoms with E-state index in [1.54, 1.807) is 0 Å². The highest BCUT2D eigenvalue weighted by Crippen LogP contribution is 2.40. The van der Waals surface area contributed by atoms with Crippen molar-refractivity contribution in [3.8, 4) is 22.7 Å². The van der Waals surface area contributed by atoms with Crippen LogP contribution in [0.15, 0.2) is 66.9 Å². The third kappa shape index (κ3) is 4.91. The van der Waals surface area contributed by atoms with Crippen molar-refractivity contribution in [2.24, 2.45) is 13.0 Å². The van der Waals surface area contributed by atoms with E-state index in [2.05, 4.69) is 135 Å². The number of hydrogen-bond acceptors (Lipinski definition) is 3. The van der Waals surface area contributed by atoms with E-state index in [9.17, 15) is 0 Å². The molecule has 5 heteroatoms. The third-order valence-electron chi connectivity index (χ3n) is 8.91. The maximum absolute atomic E-state index is 6.46. The van der Waals surface area contributed by atoms with Crippen LogP contribution >= 0.6 is 0 Å². The van der Waals surface area contributed by atoms with Crippen LogP contribution in [0.2, 0.25) is 0 Å². The number of aryl methyl sites for hydroxylation is 2. The summed E-state index contributed by atoms with van der Waals surface area (Å²) in [6.07, 6.45) is 4.05. The fraction of sp³-hybridized carbons (Fsp3) is 0.361. The molecule has 41 heavy (non-hydrogen) atoms. The van der Waals surface area contributed by atoms with Crippen molar-refractivity contribution in [2.45, 2.75) is 59.5 Å². The average molecular weight is 545 g/mol. The highest BCUT2D eigenvalue weighted by atomic mass is 16.5. The number of ether oxygens (including phenoxy) is 1. The quantitative estimate of drug-likeness (QED) is 0.201. The van der Waals surface area contributed by atoms with E-state index in [1.807, 2.05) is 0 Å². The molecule has 0 saturated heterocycles. The van der Waals surface area contributed by atoms with Gasteiger partial charge in [-0.2, -0.15) is 5.10 Å². The number of para-hydroxylation sites is 1. The van der Waals surface area contributed by atoms with Gasteiger partial charge in [0.25, 0.3) is 0 Å². The zero-order chi connectivity index (χ0) is 28.7. The SMILES string of the molecule is CCC(C)COc1cccc(C)c1-n1nc2c(c1-c1c#cc3c(ccn3C)c1)CN(C(C)(C)c1ccccc1)CC2. The van der Waals surface area contributed by atoms with E-state index in [0.717, 1.165) is 70.8 Å². The molecule has 5 nitrogen and oxygen atoms in total. The highest BCUT2D eigenvalue weighted by molar-refractivity contribution is 5.84. The number of rotatable bonds is 8. The molecule has 3 aromatic carbocycles. The van der Waals surface area contributed by atoms with Crippen LogP contribution in [0.4, 0.5) is 0 Å². The first kappa shape index (κ1) is 27.2. The summed E-state index contributed by atoms with van der Waals surface area (Å²) in [5.41, 5.74) is 8.90. The minimum Gasteiger partial charge on any atom is -0.491 e. The zero-order valence-corrected chi connectivity index (χ0v) is 25.2. The van der Waals surface area contributed by atoms with Gasteiger partial charge in [-0.3, -0.25) is 4.90 Å². The summed E-state index contributed by atoms with van der Waals surface area (Å²) in [6, 6.07) is 28.5. The summed E-state index contributed by atoms with van der Waals surface area (Å²) in [7, 11) is 2.05. The van der Waals surface area contributed by atoms with Crippen LogP contribution in [-0.2, 0) is 25.6 Å². The molecule has 1 aliphatic heterocycles. The summed E-state index contributed by atoms with van der Waals surface area (Å²) in [5, 5.41) is 6.46. The Morgan fingerprint density at radius 3 is 2.63 bits per heavy atom. The van der Waals surface area contributed by atoms with Crippen LogP contribution in [0.5, 0.6) is 5.75 Å². The first-order valence-corrected chi connectivity index (χ1v) is 14.8. The molecule has 0 spiro atoms. The van der Waals surface area contributed by atoms with E-state index in [4.69, 9.17) is 9.84 Å². The minimum absolute atomic E-state index is 0.120. The first-order valence-electron chi connectivity index (χ1n) is 14.8. The van der Waals surface area contributed by atoms with Crippen molar-refractivity contribution in [1.29, 1.82) is 0 Å². The maximum atomic E-state index is 6.46. The molecule has 0 amide bonds. The Kier molecular flexibility index (Phi) is 7.13. The minimum atomic E-state index is -0.120. The average Bonchev–Trinajstić information content (AvgIpc) is 3.55. The Hall–Kier alpha value is -4.01. The van der Waals surface area contributed by atoms with E-state index in [0.29, 0.717) is 12.5 Å². The molecule has 210 valence electrons. The molecule has 1 unspecified atom stereocenters. The van der Waals surface area contributed by atoms with Crippen molar-refractivity contribution < 1.29 is 4.74 Å². The number of nitrogens with zero attached hydrogens (tertiary/aromatic N) is 4. The molecule has 0 N–H and O–H groups in total. The molecule has 3 heterocycles. The van der Waals surface area contributed by atoms with Gasteiger partial charge < -0.3 is 9.30 Å². The molecular formula is C36H40N4O. The summed E-state index contributed by atoms with van der Waals surface area (Å²) >= 11 is 0. The second-order valence-corrected chi connectivity index (χ2v) is 12.1. The van der Waals surface area contributed by atoms with Gasteiger partial charge in [-0.25, -0.2) is 4.68 Å². The molecule has 0 aliphatic carbocycles. The molecule has 6 rings (SSSR count). The number of hydrogen-bond donors (Lipinski definition) is 0. The van der Waals surface area contributed by atoms with Crippen LogP contribution < -0.4 is 4.74 Å². The summed E-state index contributed by atoms with van der Waals surface area (Å²) in [4.78, 5) is 2.59. The molecule has 2 aromatic heterocycles. The van der Waals surface area contributed by atoms with Crippen LogP contribution in [0.3, 0.4) is 0 Å². The Morgan fingerprint density at radius 2 is 1.85 bits per heavy atom. The molecule has 0 fully saturated rings. The first-order chi connectivity index (χ1) is 19.8. The molecule has 1 atom stereocenters. The largest absolute Gasteiger partial charge is 0.491 e. The fourth-order valence-corrected chi connectivity index (χ4v) is 5.96. The lowest BCUT2D eigenvalue weighted by Gasteiger charge is -2.41. The van der Waals surface area contributed by atoms with E-state index in [-0.39, 0.29) is 5.54 Å². The van der Waals surface area contributed by atoms with E-state index >= 15 is 0 Å². The smallest absolute Gasteiger partial charge is 0.145 e. The lowest BCUT2D eigenvalue weighted by Crippen LogP contribution is -2.44. The van der Waals surface area contributed by atoms with Gasteiger partial charge in [0.1, 0.15) is 11.4 Å². The number of fused-ring (bicyclic) bond motifs is 2. The molecule has 0 radical (unpaired) electrons. The standard InChI is InChI=1S/C36H40N4O/c1-7-25(2)24-41-33-15-11-12-26(3)34(33)40-35(28-16-17-32-27(22-28)18-20-38(32)6)30-23-39(21-19-31(30)37-40)36(4,5)29-13-9-8-10-14-29/h8-15,18,20,22,25H,7,19,21,23-24H2,1-6H3. The van der Waals surface area contributed by atoms with E-state index in [1.165, 1.54) is 11.1 Å². The van der Waals surface area contributed by atoms with Crippen LogP contribution in [-0.4, -0.2) is 32.4 Å². The Bertz CT molecular complexity index is 1680. The predicted octanol–water partition coefficient (Wildman–Crippen LogP) is 7.66. The van der Waals surface area contributed by atoms with Gasteiger partial charge in [0, 0.05) is 49.2 Å². The lowest BCUT2D eigenvalue weighted by atomic mass is 9.89. The van der Waals surface area contributed by atoms with Crippen molar-refractivity contribution in [2.75, 3.05) is 13.2 Å². The van der Waals surface area contributed by atoms with Gasteiger partial charge in [0.15, 0.2) is 0 Å². The molecule has 0 saturated carbocycles. The van der Waals surface area contributed by atoms with Crippen LogP contribution in [0.25, 0.3) is 27.8 Å². The van der Waals surface area contributed by atoms with Crippen LogP contribution in [0.1, 0.15) is 56.5 Å². The summed E-state index contributed by atoms with van der Waals surface area (Å²) in [5.74, 6) is 1.35. The Balaban J connectivity index is 1.51. The normalized spacial score (nSPS) is 14.6. The van der Waals surface area contributed by atoms with Gasteiger partial charge in [-0.05, 0) is 62.1 Å². The number of benzene rings is 2. The predicted molar refractivity (Wildman–Crippen MR) is 166 cm³/mol. The van der Waals surface area contributed by atoms with Crippen molar-refractivity contribution in [3.63, 3.8) is 0 Å². The summed E-state index contributed by atoms with van der Waals surface area (Å²) in [6.45, 7) is 13.7.